The molecule has 2 aliphatic heterocycles. The van der Waals surface area contributed by atoms with Crippen LogP contribution in [0.5, 0.6) is 0 Å². The van der Waals surface area contributed by atoms with Crippen LogP contribution in [0.3, 0.4) is 0 Å². The van der Waals surface area contributed by atoms with Crippen molar-refractivity contribution in [3.05, 3.63) is 0 Å². The van der Waals surface area contributed by atoms with Crippen LogP contribution in [-0.2, 0) is 4.74 Å². The lowest BCUT2D eigenvalue weighted by atomic mass is 9.92. The molecule has 5 heteroatoms. The van der Waals surface area contributed by atoms with Crippen molar-refractivity contribution in [2.24, 2.45) is 5.73 Å². The third-order valence-corrected chi connectivity index (χ3v) is 2.58. The third-order valence-electron chi connectivity index (χ3n) is 2.58. The quantitative estimate of drug-likeness (QED) is 0.498. The molecule has 4 atom stereocenters. The fraction of sp³-hybridized carbons (Fsp3) is 0.857. The molecule has 4 N–H and O–H groups in total. The van der Waals surface area contributed by atoms with E-state index in [-0.39, 0.29) is 24.3 Å². The summed E-state index contributed by atoms with van der Waals surface area (Å²) in [5, 5.41) is 10.9. The summed E-state index contributed by atoms with van der Waals surface area (Å²) in [6.45, 7) is 0. The number of rotatable bonds is 1. The number of nitrogens with two attached hydrogens (primary N) is 1. The van der Waals surface area contributed by atoms with Crippen LogP contribution in [0, 0.1) is 0 Å². The van der Waals surface area contributed by atoms with E-state index in [1.54, 1.807) is 0 Å². The predicted octanol–water partition coefficient (Wildman–Crippen LogP) is -0.489. The molecule has 4 unspecified atom stereocenters. The Kier molecular flexibility index (Phi) is 1.69. The smallest absolute Gasteiger partial charge is 0.404 e. The Morgan fingerprint density at radius 3 is 2.67 bits per heavy atom. The summed E-state index contributed by atoms with van der Waals surface area (Å²) in [7, 11) is 0. The molecule has 0 radical (unpaired) electrons. The van der Waals surface area contributed by atoms with Crippen LogP contribution in [-0.4, -0.2) is 35.5 Å². The van der Waals surface area contributed by atoms with Crippen molar-refractivity contribution in [1.29, 1.82) is 0 Å². The summed E-state index contributed by atoms with van der Waals surface area (Å²) < 4.78 is 5.45. The summed E-state index contributed by atoms with van der Waals surface area (Å²) >= 11 is 0. The van der Waals surface area contributed by atoms with E-state index in [0.717, 1.165) is 12.8 Å². The minimum atomic E-state index is -0.982. The van der Waals surface area contributed by atoms with Crippen LogP contribution in [0.25, 0.3) is 0 Å². The second kappa shape index (κ2) is 2.60. The van der Waals surface area contributed by atoms with Gasteiger partial charge in [0.05, 0.1) is 18.2 Å². The van der Waals surface area contributed by atoms with E-state index in [9.17, 15) is 4.79 Å². The van der Waals surface area contributed by atoms with Gasteiger partial charge in [-0.1, -0.05) is 0 Å². The highest BCUT2D eigenvalue weighted by Gasteiger charge is 2.46. The number of carboxylic acid groups (broad SMARTS) is 1. The van der Waals surface area contributed by atoms with Gasteiger partial charge in [0.1, 0.15) is 0 Å². The summed E-state index contributed by atoms with van der Waals surface area (Å²) in [6, 6.07) is 0.0501. The maximum absolute atomic E-state index is 10.3. The Labute approximate surface area is 69.9 Å². The molecule has 0 aromatic rings. The molecule has 2 aliphatic rings. The highest BCUT2D eigenvalue weighted by atomic mass is 16.5. The molecule has 2 heterocycles. The Hall–Kier alpha value is -0.810. The van der Waals surface area contributed by atoms with E-state index in [4.69, 9.17) is 15.6 Å². The molecule has 12 heavy (non-hydrogen) atoms. The van der Waals surface area contributed by atoms with Gasteiger partial charge in [0, 0.05) is 6.04 Å². The molecular weight excluding hydrogens is 160 g/mol. The van der Waals surface area contributed by atoms with E-state index in [2.05, 4.69) is 5.32 Å². The molecular formula is C7H12N2O3. The first-order valence-corrected chi connectivity index (χ1v) is 4.07. The van der Waals surface area contributed by atoms with Crippen molar-refractivity contribution >= 4 is 6.09 Å². The maximum atomic E-state index is 10.3. The molecule has 0 aromatic carbocycles. The second-order valence-corrected chi connectivity index (χ2v) is 3.40. The van der Waals surface area contributed by atoms with Crippen LogP contribution in [0.2, 0.25) is 0 Å². The highest BCUT2D eigenvalue weighted by molar-refractivity contribution is 5.65. The number of hydrogen-bond donors (Lipinski definition) is 3. The Balaban J connectivity index is 1.94. The lowest BCUT2D eigenvalue weighted by Gasteiger charge is -2.21. The maximum Gasteiger partial charge on any atom is 0.404 e. The zero-order valence-electron chi connectivity index (χ0n) is 6.56. The standard InChI is InChI=1S/C7H12N2O3/c8-3-1-6-4(9-7(10)11)2-5(3)12-6/h3-6,9H,1-2,8H2,(H,10,11). The topological polar surface area (TPSA) is 84.6 Å². The number of hydrogen-bond acceptors (Lipinski definition) is 3. The Morgan fingerprint density at radius 2 is 2.25 bits per heavy atom. The molecule has 2 fully saturated rings. The molecule has 5 nitrogen and oxygen atoms in total. The zero-order chi connectivity index (χ0) is 8.72. The molecule has 68 valence electrons. The van der Waals surface area contributed by atoms with Gasteiger partial charge in [-0.3, -0.25) is 0 Å². The molecule has 2 bridgehead atoms. The van der Waals surface area contributed by atoms with Gasteiger partial charge >= 0.3 is 6.09 Å². The van der Waals surface area contributed by atoms with E-state index in [0.29, 0.717) is 0 Å². The lowest BCUT2D eigenvalue weighted by molar-refractivity contribution is 0.0937. The van der Waals surface area contributed by atoms with Crippen LogP contribution >= 0.6 is 0 Å². The zero-order valence-corrected chi connectivity index (χ0v) is 6.56. The third kappa shape index (κ3) is 1.15. The predicted molar refractivity (Wildman–Crippen MR) is 40.8 cm³/mol. The van der Waals surface area contributed by atoms with E-state index in [1.807, 2.05) is 0 Å². The van der Waals surface area contributed by atoms with E-state index < -0.39 is 6.09 Å². The van der Waals surface area contributed by atoms with Gasteiger partial charge < -0.3 is 20.9 Å². The Bertz CT molecular complexity index is 207. The van der Waals surface area contributed by atoms with Gasteiger partial charge in [-0.15, -0.1) is 0 Å². The van der Waals surface area contributed by atoms with Crippen LogP contribution in [0.15, 0.2) is 0 Å². The largest absolute Gasteiger partial charge is 0.465 e. The normalized spacial score (nSPS) is 44.8. The Morgan fingerprint density at radius 1 is 1.50 bits per heavy atom. The monoisotopic (exact) mass is 172 g/mol. The molecule has 0 aliphatic carbocycles. The van der Waals surface area contributed by atoms with Gasteiger partial charge in [0.25, 0.3) is 0 Å². The number of ether oxygens (including phenoxy) is 1. The van der Waals surface area contributed by atoms with Crippen molar-refractivity contribution < 1.29 is 14.6 Å². The molecule has 1 amide bonds. The first-order valence-electron chi connectivity index (χ1n) is 4.07. The fourth-order valence-electron chi connectivity index (χ4n) is 2.00. The molecule has 2 saturated heterocycles. The number of carbonyl (C=O) groups is 1. The minimum Gasteiger partial charge on any atom is -0.465 e. The van der Waals surface area contributed by atoms with Gasteiger partial charge in [-0.05, 0) is 12.8 Å². The van der Waals surface area contributed by atoms with Crippen LogP contribution < -0.4 is 11.1 Å². The van der Waals surface area contributed by atoms with Crippen molar-refractivity contribution in [1.82, 2.24) is 5.32 Å². The molecule has 0 saturated carbocycles. The number of amides is 1. The van der Waals surface area contributed by atoms with Crippen molar-refractivity contribution in [2.45, 2.75) is 37.1 Å². The summed E-state index contributed by atoms with van der Waals surface area (Å²) in [5.41, 5.74) is 5.71. The van der Waals surface area contributed by atoms with Gasteiger partial charge in [-0.2, -0.15) is 0 Å². The minimum absolute atomic E-state index is 0.00102. The molecule has 2 rings (SSSR count). The van der Waals surface area contributed by atoms with Crippen LogP contribution in [0.4, 0.5) is 4.79 Å². The number of fused-ring (bicyclic) bond motifs is 2. The van der Waals surface area contributed by atoms with Crippen molar-refractivity contribution in [3.63, 3.8) is 0 Å². The van der Waals surface area contributed by atoms with Crippen molar-refractivity contribution in [2.75, 3.05) is 0 Å². The van der Waals surface area contributed by atoms with Crippen molar-refractivity contribution in [3.8, 4) is 0 Å². The summed E-state index contributed by atoms with van der Waals surface area (Å²) in [4.78, 5) is 10.3. The van der Waals surface area contributed by atoms with Gasteiger partial charge in [0.15, 0.2) is 0 Å². The average molecular weight is 172 g/mol. The fourth-order valence-corrected chi connectivity index (χ4v) is 2.00. The lowest BCUT2D eigenvalue weighted by Crippen LogP contribution is -2.45. The molecule has 0 aromatic heterocycles. The first kappa shape index (κ1) is 7.82. The first-order chi connectivity index (χ1) is 5.66. The van der Waals surface area contributed by atoms with E-state index in [1.165, 1.54) is 0 Å². The molecule has 0 spiro atoms. The summed E-state index contributed by atoms with van der Waals surface area (Å²) in [5.74, 6) is 0. The van der Waals surface area contributed by atoms with Gasteiger partial charge in [0.2, 0.25) is 0 Å². The highest BCUT2D eigenvalue weighted by Crippen LogP contribution is 2.33. The average Bonchev–Trinajstić information content (AvgIpc) is 2.44. The summed E-state index contributed by atoms with van der Waals surface area (Å²) in [6.07, 6.45) is 0.575. The van der Waals surface area contributed by atoms with Crippen LogP contribution in [0.1, 0.15) is 12.8 Å². The number of nitrogens with one attached hydrogen (secondary N) is 1. The SMILES string of the molecule is NC1CC2OC1CC2NC(=O)O. The second-order valence-electron chi connectivity index (χ2n) is 3.40. The van der Waals surface area contributed by atoms with E-state index >= 15 is 0 Å². The van der Waals surface area contributed by atoms with Gasteiger partial charge in [-0.25, -0.2) is 4.79 Å².